The molecule has 1 unspecified atom stereocenters. The van der Waals surface area contributed by atoms with Gasteiger partial charge < -0.3 is 15.0 Å². The molecule has 9 heteroatoms. The second-order valence-electron chi connectivity index (χ2n) is 5.85. The van der Waals surface area contributed by atoms with E-state index in [4.69, 9.17) is 4.74 Å². The fourth-order valence-corrected chi connectivity index (χ4v) is 3.85. The zero-order chi connectivity index (χ0) is 18.1. The molecule has 0 spiro atoms. The molecule has 25 heavy (non-hydrogen) atoms. The number of thiazole rings is 1. The van der Waals surface area contributed by atoms with Gasteiger partial charge >= 0.3 is 12.0 Å². The van der Waals surface area contributed by atoms with Gasteiger partial charge in [-0.3, -0.25) is 4.90 Å². The summed E-state index contributed by atoms with van der Waals surface area (Å²) in [5, 5.41) is 5.91. The van der Waals surface area contributed by atoms with Crippen molar-refractivity contribution in [3.63, 3.8) is 0 Å². The van der Waals surface area contributed by atoms with Crippen molar-refractivity contribution in [2.45, 2.75) is 25.4 Å². The number of carbonyl (C=O) groups excluding carboxylic acids is 2. The van der Waals surface area contributed by atoms with E-state index < -0.39 is 6.04 Å². The van der Waals surface area contributed by atoms with Crippen LogP contribution in [-0.4, -0.2) is 78.1 Å². The van der Waals surface area contributed by atoms with Gasteiger partial charge in [0.2, 0.25) is 0 Å². The Hall–Kier alpha value is -1.32. The maximum Gasteiger partial charge on any atom is 0.328 e. The number of nitrogens with zero attached hydrogens (tertiary/aromatic N) is 3. The number of esters is 1. The van der Waals surface area contributed by atoms with E-state index in [-0.39, 0.29) is 12.0 Å². The molecule has 2 rings (SSSR count). The molecule has 0 radical (unpaired) electrons. The van der Waals surface area contributed by atoms with Gasteiger partial charge in [0.05, 0.1) is 13.7 Å². The predicted molar refractivity (Wildman–Crippen MR) is 101 cm³/mol. The summed E-state index contributed by atoms with van der Waals surface area (Å²) in [6.07, 6.45) is 5.28. The predicted octanol–water partition coefficient (Wildman–Crippen LogP) is 1.66. The summed E-state index contributed by atoms with van der Waals surface area (Å²) in [5.41, 5.74) is 0. The molecule has 2 heterocycles. The second kappa shape index (κ2) is 10.6. The second-order valence-corrected chi connectivity index (χ2v) is 7.81. The number of methoxy groups -OCH3 is 1. The normalized spacial score (nSPS) is 17.0. The minimum Gasteiger partial charge on any atom is -0.467 e. The van der Waals surface area contributed by atoms with Gasteiger partial charge in [0, 0.05) is 37.8 Å². The number of nitrogens with one attached hydrogen (secondary N) is 1. The van der Waals surface area contributed by atoms with Crippen LogP contribution in [0.25, 0.3) is 0 Å². The first-order chi connectivity index (χ1) is 12.1. The standard InChI is InChI=1S/C16H26N4O3S2/c1-23-15(21)13(4-10-24-2)18-16(22)20-7-3-6-19(8-9-20)12-14-17-5-11-25-14/h5,11,13H,3-4,6-10,12H2,1-2H3,(H,18,22). The number of urea groups is 1. The highest BCUT2D eigenvalue weighted by Gasteiger charge is 2.25. The van der Waals surface area contributed by atoms with Crippen molar-refractivity contribution in [1.29, 1.82) is 0 Å². The van der Waals surface area contributed by atoms with E-state index in [1.807, 2.05) is 17.8 Å². The zero-order valence-electron chi connectivity index (χ0n) is 14.8. The van der Waals surface area contributed by atoms with E-state index in [0.29, 0.717) is 19.5 Å². The van der Waals surface area contributed by atoms with Crippen LogP contribution >= 0.6 is 23.1 Å². The Morgan fingerprint density at radius 2 is 2.24 bits per heavy atom. The van der Waals surface area contributed by atoms with Gasteiger partial charge in [-0.1, -0.05) is 0 Å². The first-order valence-corrected chi connectivity index (χ1v) is 10.6. The molecule has 0 saturated carbocycles. The molecule has 0 aromatic carbocycles. The van der Waals surface area contributed by atoms with Crippen molar-refractivity contribution < 1.29 is 14.3 Å². The van der Waals surface area contributed by atoms with Crippen molar-refractivity contribution in [3.05, 3.63) is 16.6 Å². The summed E-state index contributed by atoms with van der Waals surface area (Å²) in [4.78, 5) is 32.8. The largest absolute Gasteiger partial charge is 0.467 e. The average molecular weight is 387 g/mol. The third-order valence-electron chi connectivity index (χ3n) is 4.11. The van der Waals surface area contributed by atoms with E-state index in [1.54, 1.807) is 28.0 Å². The smallest absolute Gasteiger partial charge is 0.328 e. The Kier molecular flexibility index (Phi) is 8.50. The molecule has 1 saturated heterocycles. The molecule has 1 atom stereocenters. The van der Waals surface area contributed by atoms with Crippen molar-refractivity contribution in [2.24, 2.45) is 0 Å². The average Bonchev–Trinajstić information content (AvgIpc) is 3.01. The Morgan fingerprint density at radius 1 is 1.40 bits per heavy atom. The number of rotatable bonds is 7. The maximum atomic E-state index is 12.5. The lowest BCUT2D eigenvalue weighted by molar-refractivity contribution is -0.142. The summed E-state index contributed by atoms with van der Waals surface area (Å²) in [7, 11) is 1.35. The molecule has 1 fully saturated rings. The molecule has 1 aromatic rings. The third-order valence-corrected chi connectivity index (χ3v) is 5.52. The van der Waals surface area contributed by atoms with E-state index in [0.717, 1.165) is 36.8 Å². The Balaban J connectivity index is 1.85. The minimum absolute atomic E-state index is 0.187. The first-order valence-electron chi connectivity index (χ1n) is 8.37. The Morgan fingerprint density at radius 3 is 2.92 bits per heavy atom. The highest BCUT2D eigenvalue weighted by Crippen LogP contribution is 2.11. The summed E-state index contributed by atoms with van der Waals surface area (Å²) in [6, 6.07) is -0.771. The monoisotopic (exact) mass is 386 g/mol. The molecule has 1 N–H and O–H groups in total. The number of amides is 2. The fourth-order valence-electron chi connectivity index (χ4n) is 2.72. The summed E-state index contributed by atoms with van der Waals surface area (Å²) < 4.78 is 4.80. The van der Waals surface area contributed by atoms with Gasteiger partial charge in [0.15, 0.2) is 0 Å². The van der Waals surface area contributed by atoms with E-state index >= 15 is 0 Å². The molecule has 1 aliphatic rings. The number of thioether (sulfide) groups is 1. The molecular weight excluding hydrogens is 360 g/mol. The van der Waals surface area contributed by atoms with Crippen LogP contribution in [0.2, 0.25) is 0 Å². The van der Waals surface area contributed by atoms with Gasteiger partial charge in [-0.05, 0) is 24.9 Å². The molecule has 7 nitrogen and oxygen atoms in total. The number of aromatic nitrogens is 1. The van der Waals surface area contributed by atoms with Crippen molar-refractivity contribution >= 4 is 35.1 Å². The van der Waals surface area contributed by atoms with E-state index in [9.17, 15) is 9.59 Å². The lowest BCUT2D eigenvalue weighted by Crippen LogP contribution is -2.49. The number of carbonyl (C=O) groups is 2. The van der Waals surface area contributed by atoms with Gasteiger partial charge in [-0.2, -0.15) is 11.8 Å². The summed E-state index contributed by atoms with van der Waals surface area (Å²) in [5.74, 6) is 0.407. The Bertz CT molecular complexity index is 541. The first kappa shape index (κ1) is 20.0. The van der Waals surface area contributed by atoms with Crippen molar-refractivity contribution in [3.8, 4) is 0 Å². The van der Waals surface area contributed by atoms with Crippen LogP contribution in [0.1, 0.15) is 17.8 Å². The van der Waals surface area contributed by atoms with Crippen LogP contribution in [-0.2, 0) is 16.1 Å². The van der Waals surface area contributed by atoms with Crippen LogP contribution in [0.4, 0.5) is 4.79 Å². The fraction of sp³-hybridized carbons (Fsp3) is 0.688. The van der Waals surface area contributed by atoms with Crippen molar-refractivity contribution in [1.82, 2.24) is 20.1 Å². The molecule has 2 amide bonds. The van der Waals surface area contributed by atoms with Crippen LogP contribution < -0.4 is 5.32 Å². The SMILES string of the molecule is COC(=O)C(CCSC)NC(=O)N1CCCN(Cc2nccs2)CC1. The summed E-state index contributed by atoms with van der Waals surface area (Å²) in [6.45, 7) is 3.91. The van der Waals surface area contributed by atoms with E-state index in [2.05, 4.69) is 15.2 Å². The van der Waals surface area contributed by atoms with Gasteiger partial charge in [-0.25, -0.2) is 14.6 Å². The molecule has 140 valence electrons. The number of ether oxygens (including phenoxy) is 1. The highest BCUT2D eigenvalue weighted by atomic mass is 32.2. The quantitative estimate of drug-likeness (QED) is 0.719. The van der Waals surface area contributed by atoms with Crippen molar-refractivity contribution in [2.75, 3.05) is 45.3 Å². The third kappa shape index (κ3) is 6.48. The molecule has 0 aliphatic carbocycles. The van der Waals surface area contributed by atoms with Crippen LogP contribution in [0, 0.1) is 0 Å². The summed E-state index contributed by atoms with van der Waals surface area (Å²) >= 11 is 3.29. The van der Waals surface area contributed by atoms with E-state index in [1.165, 1.54) is 7.11 Å². The molecular formula is C16H26N4O3S2. The molecule has 1 aromatic heterocycles. The lowest BCUT2D eigenvalue weighted by atomic mass is 10.2. The minimum atomic E-state index is -0.584. The van der Waals surface area contributed by atoms with Gasteiger partial charge in [0.1, 0.15) is 11.0 Å². The topological polar surface area (TPSA) is 74.8 Å². The number of hydrogen-bond acceptors (Lipinski definition) is 7. The Labute approximate surface area is 157 Å². The van der Waals surface area contributed by atoms with Crippen LogP contribution in [0.5, 0.6) is 0 Å². The lowest BCUT2D eigenvalue weighted by Gasteiger charge is -2.24. The maximum absolute atomic E-state index is 12.5. The zero-order valence-corrected chi connectivity index (χ0v) is 16.4. The number of hydrogen-bond donors (Lipinski definition) is 1. The molecule has 1 aliphatic heterocycles. The van der Waals surface area contributed by atoms with Gasteiger partial charge in [0.25, 0.3) is 0 Å². The van der Waals surface area contributed by atoms with Gasteiger partial charge in [-0.15, -0.1) is 11.3 Å². The van der Waals surface area contributed by atoms with Crippen LogP contribution in [0.3, 0.4) is 0 Å². The highest BCUT2D eigenvalue weighted by molar-refractivity contribution is 7.98. The van der Waals surface area contributed by atoms with Crippen LogP contribution in [0.15, 0.2) is 11.6 Å². The molecule has 0 bridgehead atoms.